The Morgan fingerprint density at radius 2 is 1.69 bits per heavy atom. The molecule has 0 aromatic heterocycles. The standard InChI is InChI=1S/C20H16N2O4/c1-21-20(19(25)26-2,14-9-5-3-6-10-14)16-13-17(23)22(18(16)24)15-11-7-4-8-12-15/h3-12,16H,13H2,2H3/t16-,20+/m0/s1. The van der Waals surface area contributed by atoms with Crippen LogP contribution in [-0.2, 0) is 24.7 Å². The highest BCUT2D eigenvalue weighted by Crippen LogP contribution is 2.43. The molecule has 1 aliphatic heterocycles. The molecule has 2 aromatic rings. The SMILES string of the molecule is [C-]#[N+][C@](C(=O)OC)(c1ccccc1)[C@H]1CC(=O)N(c2ccccc2)C1=O. The van der Waals surface area contributed by atoms with Crippen molar-refractivity contribution in [3.63, 3.8) is 0 Å². The number of amides is 2. The van der Waals surface area contributed by atoms with Gasteiger partial charge in [0.15, 0.2) is 0 Å². The maximum Gasteiger partial charge on any atom is 0.399 e. The zero-order chi connectivity index (χ0) is 18.7. The third-order valence-electron chi connectivity index (χ3n) is 4.55. The molecule has 2 atom stereocenters. The largest absolute Gasteiger partial charge is 0.463 e. The first-order valence-corrected chi connectivity index (χ1v) is 8.00. The molecule has 1 saturated heterocycles. The van der Waals surface area contributed by atoms with Crippen LogP contribution in [0, 0.1) is 12.5 Å². The molecule has 0 aliphatic carbocycles. The molecular formula is C20H16N2O4. The molecule has 2 amide bonds. The molecule has 6 nitrogen and oxygen atoms in total. The van der Waals surface area contributed by atoms with Crippen molar-refractivity contribution in [1.82, 2.24) is 0 Å². The number of ether oxygens (including phenoxy) is 1. The lowest BCUT2D eigenvalue weighted by Gasteiger charge is -2.24. The van der Waals surface area contributed by atoms with E-state index in [2.05, 4.69) is 4.85 Å². The fourth-order valence-corrected chi connectivity index (χ4v) is 3.30. The van der Waals surface area contributed by atoms with Gasteiger partial charge in [-0.3, -0.25) is 19.3 Å². The summed E-state index contributed by atoms with van der Waals surface area (Å²) in [4.78, 5) is 42.8. The van der Waals surface area contributed by atoms with Gasteiger partial charge < -0.3 is 4.74 Å². The predicted octanol–water partition coefficient (Wildman–Crippen LogP) is 2.55. The summed E-state index contributed by atoms with van der Waals surface area (Å²) in [5.74, 6) is -3.02. The zero-order valence-electron chi connectivity index (χ0n) is 14.1. The van der Waals surface area contributed by atoms with Gasteiger partial charge in [0.25, 0.3) is 0 Å². The van der Waals surface area contributed by atoms with E-state index < -0.39 is 29.2 Å². The smallest absolute Gasteiger partial charge is 0.399 e. The second-order valence-electron chi connectivity index (χ2n) is 5.90. The van der Waals surface area contributed by atoms with Crippen LogP contribution in [0.4, 0.5) is 5.69 Å². The Hall–Kier alpha value is -3.46. The molecule has 0 N–H and O–H groups in total. The van der Waals surface area contributed by atoms with Crippen molar-refractivity contribution in [3.05, 3.63) is 77.6 Å². The van der Waals surface area contributed by atoms with Crippen molar-refractivity contribution in [2.24, 2.45) is 5.92 Å². The van der Waals surface area contributed by atoms with Crippen LogP contribution in [0.1, 0.15) is 12.0 Å². The first-order valence-electron chi connectivity index (χ1n) is 8.00. The van der Waals surface area contributed by atoms with Crippen LogP contribution in [0.15, 0.2) is 60.7 Å². The number of nitrogens with zero attached hydrogens (tertiary/aromatic N) is 2. The van der Waals surface area contributed by atoms with Gasteiger partial charge in [-0.25, -0.2) is 11.4 Å². The molecule has 0 bridgehead atoms. The van der Waals surface area contributed by atoms with E-state index in [-0.39, 0.29) is 6.42 Å². The van der Waals surface area contributed by atoms with Crippen LogP contribution in [0.2, 0.25) is 0 Å². The summed E-state index contributed by atoms with van der Waals surface area (Å²) in [6, 6.07) is 16.8. The number of esters is 1. The predicted molar refractivity (Wildman–Crippen MR) is 93.8 cm³/mol. The van der Waals surface area contributed by atoms with Crippen molar-refractivity contribution in [2.45, 2.75) is 12.0 Å². The van der Waals surface area contributed by atoms with Crippen LogP contribution >= 0.6 is 0 Å². The fraction of sp³-hybridized carbons (Fsp3) is 0.200. The number of benzene rings is 2. The molecule has 0 unspecified atom stereocenters. The van der Waals surface area contributed by atoms with Gasteiger partial charge in [0.05, 0.1) is 12.8 Å². The first kappa shape index (κ1) is 17.4. The van der Waals surface area contributed by atoms with E-state index in [4.69, 9.17) is 11.3 Å². The van der Waals surface area contributed by atoms with E-state index >= 15 is 0 Å². The highest BCUT2D eigenvalue weighted by molar-refractivity contribution is 6.22. The van der Waals surface area contributed by atoms with Crippen molar-refractivity contribution in [2.75, 3.05) is 12.0 Å². The fourth-order valence-electron chi connectivity index (χ4n) is 3.30. The number of hydrogen-bond acceptors (Lipinski definition) is 4. The Kier molecular flexibility index (Phi) is 4.55. The monoisotopic (exact) mass is 348 g/mol. The Balaban J connectivity index is 2.12. The summed E-state index contributed by atoms with van der Waals surface area (Å²) in [6.45, 7) is 7.71. The van der Waals surface area contributed by atoms with Crippen LogP contribution in [0.5, 0.6) is 0 Å². The molecule has 1 fully saturated rings. The minimum atomic E-state index is -1.90. The van der Waals surface area contributed by atoms with E-state index in [1.807, 2.05) is 0 Å². The van der Waals surface area contributed by atoms with Gasteiger partial charge in [-0.1, -0.05) is 48.5 Å². The number of hydrogen-bond donors (Lipinski definition) is 0. The van der Waals surface area contributed by atoms with Gasteiger partial charge in [0, 0.05) is 12.0 Å². The summed E-state index contributed by atoms with van der Waals surface area (Å²) in [7, 11) is 1.17. The maximum atomic E-state index is 13.1. The average molecular weight is 348 g/mol. The lowest BCUT2D eigenvalue weighted by atomic mass is 9.77. The van der Waals surface area contributed by atoms with Gasteiger partial charge in [0.2, 0.25) is 11.8 Å². The number of imide groups is 1. The van der Waals surface area contributed by atoms with Crippen molar-refractivity contribution < 1.29 is 19.1 Å². The molecule has 0 saturated carbocycles. The number of anilines is 1. The van der Waals surface area contributed by atoms with Crippen LogP contribution < -0.4 is 4.90 Å². The lowest BCUT2D eigenvalue weighted by molar-refractivity contribution is -0.149. The third kappa shape index (κ3) is 2.54. The minimum Gasteiger partial charge on any atom is -0.463 e. The third-order valence-corrected chi connectivity index (χ3v) is 4.55. The van der Waals surface area contributed by atoms with E-state index in [0.29, 0.717) is 11.3 Å². The second-order valence-corrected chi connectivity index (χ2v) is 5.90. The van der Waals surface area contributed by atoms with Gasteiger partial charge in [0.1, 0.15) is 5.92 Å². The summed E-state index contributed by atoms with van der Waals surface area (Å²) in [6.07, 6.45) is -0.236. The van der Waals surface area contributed by atoms with Gasteiger partial charge in [-0.05, 0) is 12.1 Å². The Labute approximate surface area is 150 Å². The Morgan fingerprint density at radius 1 is 1.12 bits per heavy atom. The maximum absolute atomic E-state index is 13.1. The average Bonchev–Trinajstić information content (AvgIpc) is 2.98. The van der Waals surface area contributed by atoms with Crippen molar-refractivity contribution >= 4 is 23.5 Å². The zero-order valence-corrected chi connectivity index (χ0v) is 14.1. The molecular weight excluding hydrogens is 332 g/mol. The normalized spacial score (nSPS) is 18.9. The number of methoxy groups -OCH3 is 1. The van der Waals surface area contributed by atoms with Crippen molar-refractivity contribution in [3.8, 4) is 0 Å². The van der Waals surface area contributed by atoms with E-state index in [1.54, 1.807) is 60.7 Å². The molecule has 0 spiro atoms. The summed E-state index contributed by atoms with van der Waals surface area (Å²) in [5, 5.41) is 0. The highest BCUT2D eigenvalue weighted by atomic mass is 16.5. The quantitative estimate of drug-likeness (QED) is 0.484. The van der Waals surface area contributed by atoms with Gasteiger partial charge in [-0.15, -0.1) is 0 Å². The first-order chi connectivity index (χ1) is 12.6. The van der Waals surface area contributed by atoms with Gasteiger partial charge >= 0.3 is 11.5 Å². The summed E-state index contributed by atoms with van der Waals surface area (Å²) in [5.41, 5.74) is -1.14. The molecule has 0 radical (unpaired) electrons. The Morgan fingerprint density at radius 3 is 2.23 bits per heavy atom. The second kappa shape index (κ2) is 6.81. The molecule has 130 valence electrons. The van der Waals surface area contributed by atoms with Crippen LogP contribution in [0.25, 0.3) is 4.85 Å². The number of carbonyl (C=O) groups is 3. The van der Waals surface area contributed by atoms with Crippen LogP contribution in [-0.4, -0.2) is 24.9 Å². The molecule has 2 aromatic carbocycles. The molecule has 6 heteroatoms. The number of rotatable bonds is 4. The molecule has 1 heterocycles. The van der Waals surface area contributed by atoms with E-state index in [1.165, 1.54) is 7.11 Å². The topological polar surface area (TPSA) is 68.0 Å². The number of para-hydroxylation sites is 1. The lowest BCUT2D eigenvalue weighted by Crippen LogP contribution is -2.45. The number of carbonyl (C=O) groups excluding carboxylic acids is 3. The highest BCUT2D eigenvalue weighted by Gasteiger charge is 2.63. The minimum absolute atomic E-state index is 0.236. The molecule has 1 aliphatic rings. The van der Waals surface area contributed by atoms with Crippen molar-refractivity contribution in [1.29, 1.82) is 0 Å². The molecule has 26 heavy (non-hydrogen) atoms. The van der Waals surface area contributed by atoms with E-state index in [9.17, 15) is 14.4 Å². The van der Waals surface area contributed by atoms with Crippen LogP contribution in [0.3, 0.4) is 0 Å². The molecule has 3 rings (SSSR count). The van der Waals surface area contributed by atoms with E-state index in [0.717, 1.165) is 4.90 Å². The Bertz CT molecular complexity index is 889. The summed E-state index contributed by atoms with van der Waals surface area (Å²) >= 11 is 0. The summed E-state index contributed by atoms with van der Waals surface area (Å²) < 4.78 is 4.86. The van der Waals surface area contributed by atoms with Gasteiger partial charge in [-0.2, -0.15) is 0 Å².